The average Bonchev–Trinajstić information content (AvgIpc) is 2.57. The van der Waals surface area contributed by atoms with E-state index in [1.807, 2.05) is 0 Å². The van der Waals surface area contributed by atoms with Crippen molar-refractivity contribution in [2.75, 3.05) is 26.0 Å². The molecule has 0 heterocycles. The van der Waals surface area contributed by atoms with Crippen LogP contribution in [0.4, 0.5) is 10.1 Å². The van der Waals surface area contributed by atoms with Gasteiger partial charge in [-0.3, -0.25) is 9.59 Å². The minimum Gasteiger partial charge on any atom is -0.497 e. The molecular formula is C18H19FN2O3. The maximum absolute atomic E-state index is 12.9. The van der Waals surface area contributed by atoms with E-state index in [4.69, 9.17) is 4.74 Å². The summed E-state index contributed by atoms with van der Waals surface area (Å²) in [6.07, 6.45) is 0.118. The number of carbonyl (C=O) groups excluding carboxylic acids is 2. The first-order valence-corrected chi connectivity index (χ1v) is 7.40. The number of hydrogen-bond acceptors (Lipinski definition) is 3. The highest BCUT2D eigenvalue weighted by Gasteiger charge is 2.13. The number of ether oxygens (including phenoxy) is 1. The van der Waals surface area contributed by atoms with Gasteiger partial charge in [0.2, 0.25) is 11.8 Å². The molecule has 2 rings (SSSR count). The monoisotopic (exact) mass is 330 g/mol. The summed E-state index contributed by atoms with van der Waals surface area (Å²) in [4.78, 5) is 25.4. The van der Waals surface area contributed by atoms with Gasteiger partial charge in [-0.05, 0) is 42.0 Å². The molecule has 0 fully saturated rings. The number of nitrogens with one attached hydrogen (secondary N) is 1. The SMILES string of the molecule is COc1ccc(NC(=O)CN(C)C(=O)Cc2ccc(F)cc2)cc1. The molecule has 0 spiro atoms. The van der Waals surface area contributed by atoms with Gasteiger partial charge in [-0.15, -0.1) is 0 Å². The van der Waals surface area contributed by atoms with E-state index in [0.717, 1.165) is 0 Å². The maximum atomic E-state index is 12.9. The molecule has 1 N–H and O–H groups in total. The summed E-state index contributed by atoms with van der Waals surface area (Å²) in [5, 5.41) is 2.71. The molecule has 5 nitrogen and oxygen atoms in total. The fourth-order valence-electron chi connectivity index (χ4n) is 2.09. The van der Waals surface area contributed by atoms with Crippen LogP contribution in [-0.2, 0) is 16.0 Å². The Labute approximate surface area is 140 Å². The van der Waals surface area contributed by atoms with Crippen LogP contribution in [0.5, 0.6) is 5.75 Å². The van der Waals surface area contributed by atoms with E-state index in [-0.39, 0.29) is 30.6 Å². The van der Waals surface area contributed by atoms with Gasteiger partial charge >= 0.3 is 0 Å². The van der Waals surface area contributed by atoms with Crippen molar-refractivity contribution in [3.05, 3.63) is 59.9 Å². The summed E-state index contributed by atoms with van der Waals surface area (Å²) in [6.45, 7) is -0.0634. The molecule has 126 valence electrons. The molecule has 0 aliphatic heterocycles. The van der Waals surface area contributed by atoms with Gasteiger partial charge in [0.1, 0.15) is 11.6 Å². The van der Waals surface area contributed by atoms with Gasteiger partial charge in [0.15, 0.2) is 0 Å². The Morgan fingerprint density at radius 1 is 1.08 bits per heavy atom. The molecule has 0 aromatic heterocycles. The molecule has 6 heteroatoms. The number of benzene rings is 2. The molecule has 0 radical (unpaired) electrons. The van der Waals surface area contributed by atoms with Crippen LogP contribution in [0.15, 0.2) is 48.5 Å². The Hall–Kier alpha value is -2.89. The summed E-state index contributed by atoms with van der Waals surface area (Å²) in [6, 6.07) is 12.6. The van der Waals surface area contributed by atoms with Crippen LogP contribution >= 0.6 is 0 Å². The van der Waals surface area contributed by atoms with Crippen molar-refractivity contribution in [1.82, 2.24) is 4.90 Å². The van der Waals surface area contributed by atoms with Crippen molar-refractivity contribution in [3.8, 4) is 5.75 Å². The number of methoxy groups -OCH3 is 1. The van der Waals surface area contributed by atoms with E-state index < -0.39 is 0 Å². The predicted octanol–water partition coefficient (Wildman–Crippen LogP) is 2.47. The smallest absolute Gasteiger partial charge is 0.243 e. The maximum Gasteiger partial charge on any atom is 0.243 e. The number of likely N-dealkylation sites (N-methyl/N-ethyl adjacent to an activating group) is 1. The number of anilines is 1. The molecule has 0 aliphatic rings. The van der Waals surface area contributed by atoms with Gasteiger partial charge in [0.05, 0.1) is 20.1 Å². The van der Waals surface area contributed by atoms with Crippen molar-refractivity contribution in [2.45, 2.75) is 6.42 Å². The van der Waals surface area contributed by atoms with Gasteiger partial charge < -0.3 is 15.0 Å². The third-order valence-electron chi connectivity index (χ3n) is 3.45. The molecule has 2 aromatic carbocycles. The third-order valence-corrected chi connectivity index (χ3v) is 3.45. The van der Waals surface area contributed by atoms with Crippen molar-refractivity contribution < 1.29 is 18.7 Å². The zero-order chi connectivity index (χ0) is 17.5. The standard InChI is InChI=1S/C18H19FN2O3/c1-21(18(23)11-13-3-5-14(19)6-4-13)12-17(22)20-15-7-9-16(24-2)10-8-15/h3-10H,11-12H2,1-2H3,(H,20,22). The lowest BCUT2D eigenvalue weighted by Crippen LogP contribution is -2.35. The predicted molar refractivity (Wildman–Crippen MR) is 89.4 cm³/mol. The van der Waals surface area contributed by atoms with E-state index in [2.05, 4.69) is 5.32 Å². The lowest BCUT2D eigenvalue weighted by Gasteiger charge is -2.17. The zero-order valence-corrected chi connectivity index (χ0v) is 13.6. The van der Waals surface area contributed by atoms with Crippen LogP contribution < -0.4 is 10.1 Å². The quantitative estimate of drug-likeness (QED) is 0.885. The number of rotatable bonds is 6. The minimum atomic E-state index is -0.349. The van der Waals surface area contributed by atoms with Crippen molar-refractivity contribution in [2.24, 2.45) is 0 Å². The van der Waals surface area contributed by atoms with Gasteiger partial charge in [0.25, 0.3) is 0 Å². The Bertz CT molecular complexity index is 699. The van der Waals surface area contributed by atoms with E-state index >= 15 is 0 Å². The molecular weight excluding hydrogens is 311 g/mol. The van der Waals surface area contributed by atoms with Crippen molar-refractivity contribution in [1.29, 1.82) is 0 Å². The summed E-state index contributed by atoms with van der Waals surface area (Å²) in [7, 11) is 3.12. The molecule has 2 amide bonds. The summed E-state index contributed by atoms with van der Waals surface area (Å²) < 4.78 is 17.9. The lowest BCUT2D eigenvalue weighted by molar-refractivity contribution is -0.132. The second-order valence-electron chi connectivity index (χ2n) is 5.33. The molecule has 0 atom stereocenters. The van der Waals surface area contributed by atoms with E-state index in [9.17, 15) is 14.0 Å². The van der Waals surface area contributed by atoms with Crippen LogP contribution in [0.1, 0.15) is 5.56 Å². The summed E-state index contributed by atoms with van der Waals surface area (Å²) in [5.74, 6) is -0.167. The van der Waals surface area contributed by atoms with Gasteiger partial charge in [-0.2, -0.15) is 0 Å². The second kappa shape index (κ2) is 8.10. The Morgan fingerprint density at radius 2 is 1.71 bits per heavy atom. The highest BCUT2D eigenvalue weighted by Crippen LogP contribution is 2.15. The Morgan fingerprint density at radius 3 is 2.29 bits per heavy atom. The second-order valence-corrected chi connectivity index (χ2v) is 5.33. The van der Waals surface area contributed by atoms with Crippen molar-refractivity contribution >= 4 is 17.5 Å². The van der Waals surface area contributed by atoms with Crippen LogP contribution in [0, 0.1) is 5.82 Å². The normalized spacial score (nSPS) is 10.1. The van der Waals surface area contributed by atoms with E-state index in [0.29, 0.717) is 17.0 Å². The average molecular weight is 330 g/mol. The minimum absolute atomic E-state index is 0.0634. The molecule has 0 unspecified atom stereocenters. The third kappa shape index (κ3) is 5.08. The largest absolute Gasteiger partial charge is 0.497 e. The Balaban J connectivity index is 1.85. The van der Waals surface area contributed by atoms with E-state index in [1.165, 1.54) is 17.0 Å². The molecule has 0 aliphatic carbocycles. The van der Waals surface area contributed by atoms with Crippen molar-refractivity contribution in [3.63, 3.8) is 0 Å². The number of amides is 2. The molecule has 0 saturated heterocycles. The number of nitrogens with zero attached hydrogens (tertiary/aromatic N) is 1. The van der Waals surface area contributed by atoms with Gasteiger partial charge in [-0.1, -0.05) is 12.1 Å². The van der Waals surface area contributed by atoms with Crippen LogP contribution in [0.25, 0.3) is 0 Å². The fourth-order valence-corrected chi connectivity index (χ4v) is 2.09. The molecule has 24 heavy (non-hydrogen) atoms. The summed E-state index contributed by atoms with van der Waals surface area (Å²) in [5.41, 5.74) is 1.32. The fraction of sp³-hybridized carbons (Fsp3) is 0.222. The summed E-state index contributed by atoms with van der Waals surface area (Å²) >= 11 is 0. The van der Waals surface area contributed by atoms with Crippen LogP contribution in [-0.4, -0.2) is 37.4 Å². The first kappa shape index (κ1) is 17.5. The van der Waals surface area contributed by atoms with E-state index in [1.54, 1.807) is 50.6 Å². The Kier molecular flexibility index (Phi) is 5.89. The van der Waals surface area contributed by atoms with Crippen LogP contribution in [0.3, 0.4) is 0 Å². The molecule has 0 saturated carbocycles. The first-order chi connectivity index (χ1) is 11.5. The lowest BCUT2D eigenvalue weighted by atomic mass is 10.1. The molecule has 0 bridgehead atoms. The van der Waals surface area contributed by atoms with Crippen LogP contribution in [0.2, 0.25) is 0 Å². The number of carbonyl (C=O) groups is 2. The number of hydrogen-bond donors (Lipinski definition) is 1. The first-order valence-electron chi connectivity index (χ1n) is 7.40. The highest BCUT2D eigenvalue weighted by molar-refractivity contribution is 5.94. The van der Waals surface area contributed by atoms with Gasteiger partial charge in [-0.25, -0.2) is 4.39 Å². The van der Waals surface area contributed by atoms with Gasteiger partial charge in [0, 0.05) is 12.7 Å². The zero-order valence-electron chi connectivity index (χ0n) is 13.6. The topological polar surface area (TPSA) is 58.6 Å². The molecule has 2 aromatic rings. The highest BCUT2D eigenvalue weighted by atomic mass is 19.1. The number of halogens is 1.